The molecule has 9 nitrogen and oxygen atoms in total. The van der Waals surface area contributed by atoms with E-state index in [1.54, 1.807) is 12.1 Å². The summed E-state index contributed by atoms with van der Waals surface area (Å²) in [5.74, 6) is 11.0. The normalized spacial score (nSPS) is 22.1. The summed E-state index contributed by atoms with van der Waals surface area (Å²) in [7, 11) is -4.52. The van der Waals surface area contributed by atoms with E-state index in [1.165, 1.54) is 17.8 Å². The molecule has 0 radical (unpaired) electrons. The zero-order chi connectivity index (χ0) is 32.3. The molecular weight excluding hydrogens is 602 g/mol. The fraction of sp³-hybridized carbons (Fsp3) is 0.625. The molecule has 0 spiro atoms. The minimum atomic E-state index is -3.85. The SMILES string of the molecule is CC(C)(C)[SiH2]OC(C)(C)[C@H]1C[C@@H]1C#CC#Cc1ccc2nn(CC[C@](C)(C(=O)NOC3CCCCO3)S(C)(=O)=O)cc2c1F. The molecule has 12 heteroatoms. The van der Waals surface area contributed by atoms with Gasteiger partial charge in [-0.2, -0.15) is 5.10 Å². The molecule has 1 aromatic heterocycles. The van der Waals surface area contributed by atoms with Crippen LogP contribution in [0.25, 0.3) is 10.9 Å². The van der Waals surface area contributed by atoms with E-state index >= 15 is 4.39 Å². The quantitative estimate of drug-likeness (QED) is 0.236. The number of hydrogen-bond donors (Lipinski definition) is 1. The van der Waals surface area contributed by atoms with Crippen molar-refractivity contribution in [2.24, 2.45) is 11.8 Å². The molecule has 2 heterocycles. The van der Waals surface area contributed by atoms with Gasteiger partial charge in [-0.1, -0.05) is 26.7 Å². The monoisotopic (exact) mass is 645 g/mol. The van der Waals surface area contributed by atoms with Gasteiger partial charge in [0.15, 0.2) is 30.6 Å². The minimum absolute atomic E-state index is 0.0540. The van der Waals surface area contributed by atoms with Crippen molar-refractivity contribution in [2.75, 3.05) is 12.9 Å². The number of hydroxylamine groups is 1. The summed E-state index contributed by atoms with van der Waals surface area (Å²) in [6, 6.07) is 3.21. The molecule has 1 amide bonds. The molecule has 44 heavy (non-hydrogen) atoms. The number of rotatable bonds is 10. The fourth-order valence-electron chi connectivity index (χ4n) is 5.01. The van der Waals surface area contributed by atoms with E-state index in [4.69, 9.17) is 14.0 Å². The number of aromatic nitrogens is 2. The van der Waals surface area contributed by atoms with E-state index in [-0.39, 0.29) is 40.5 Å². The number of halogens is 1. The first-order chi connectivity index (χ1) is 20.5. The summed E-state index contributed by atoms with van der Waals surface area (Å²) in [6.07, 6.45) is 5.15. The highest BCUT2D eigenvalue weighted by molar-refractivity contribution is 7.92. The van der Waals surface area contributed by atoms with Gasteiger partial charge < -0.3 is 9.16 Å². The average Bonchev–Trinajstić information content (AvgIpc) is 3.63. The maximum atomic E-state index is 15.3. The van der Waals surface area contributed by atoms with Crippen LogP contribution >= 0.6 is 0 Å². The summed E-state index contributed by atoms with van der Waals surface area (Å²) >= 11 is 0. The van der Waals surface area contributed by atoms with E-state index in [1.807, 2.05) is 0 Å². The van der Waals surface area contributed by atoms with Crippen molar-refractivity contribution in [1.29, 1.82) is 0 Å². The molecule has 1 saturated heterocycles. The number of carbonyl (C=O) groups is 1. The number of ether oxygens (including phenoxy) is 1. The lowest BCUT2D eigenvalue weighted by Gasteiger charge is -2.30. The molecule has 0 bridgehead atoms. The van der Waals surface area contributed by atoms with E-state index in [0.29, 0.717) is 24.5 Å². The minimum Gasteiger partial charge on any atom is -0.418 e. The van der Waals surface area contributed by atoms with Gasteiger partial charge in [-0.15, -0.1) is 0 Å². The van der Waals surface area contributed by atoms with Crippen LogP contribution in [0.15, 0.2) is 18.3 Å². The van der Waals surface area contributed by atoms with Gasteiger partial charge in [0.2, 0.25) is 0 Å². The Kier molecular flexibility index (Phi) is 10.3. The molecule has 1 aliphatic carbocycles. The van der Waals surface area contributed by atoms with Crippen LogP contribution in [0.4, 0.5) is 4.39 Å². The highest BCUT2D eigenvalue weighted by atomic mass is 32.2. The van der Waals surface area contributed by atoms with Crippen LogP contribution in [0.3, 0.4) is 0 Å². The van der Waals surface area contributed by atoms with Crippen LogP contribution in [0.5, 0.6) is 0 Å². The van der Waals surface area contributed by atoms with Gasteiger partial charge >= 0.3 is 0 Å². The van der Waals surface area contributed by atoms with Crippen molar-refractivity contribution in [3.63, 3.8) is 0 Å². The first-order valence-electron chi connectivity index (χ1n) is 15.1. The van der Waals surface area contributed by atoms with Crippen molar-refractivity contribution < 1.29 is 31.6 Å². The molecular formula is C32H44FN3O6SSi. The lowest BCUT2D eigenvalue weighted by Crippen LogP contribution is -2.51. The molecule has 1 aliphatic heterocycles. The number of fused-ring (bicyclic) bond motifs is 1. The Morgan fingerprint density at radius 2 is 1.95 bits per heavy atom. The van der Waals surface area contributed by atoms with Gasteiger partial charge in [0.05, 0.1) is 22.1 Å². The van der Waals surface area contributed by atoms with Crippen molar-refractivity contribution in [3.05, 3.63) is 29.7 Å². The van der Waals surface area contributed by atoms with Crippen LogP contribution < -0.4 is 5.48 Å². The predicted molar refractivity (Wildman–Crippen MR) is 170 cm³/mol. The fourth-order valence-corrected chi connectivity index (χ4v) is 6.87. The van der Waals surface area contributed by atoms with E-state index in [9.17, 15) is 13.2 Å². The van der Waals surface area contributed by atoms with Crippen LogP contribution in [0.2, 0.25) is 5.04 Å². The molecule has 1 N–H and O–H groups in total. The second-order valence-corrected chi connectivity index (χ2v) is 18.9. The second kappa shape index (κ2) is 13.3. The highest BCUT2D eigenvalue weighted by Crippen LogP contribution is 2.48. The Bertz CT molecular complexity index is 1610. The largest absolute Gasteiger partial charge is 0.418 e. The average molecular weight is 646 g/mol. The Labute approximate surface area is 262 Å². The summed E-state index contributed by atoms with van der Waals surface area (Å²) < 4.78 is 52.1. The maximum absolute atomic E-state index is 15.3. The van der Waals surface area contributed by atoms with Crippen molar-refractivity contribution >= 4 is 36.4 Å². The first kappa shape index (κ1) is 34.1. The summed E-state index contributed by atoms with van der Waals surface area (Å²) in [5.41, 5.74) is 2.65. The van der Waals surface area contributed by atoms with Crippen LogP contribution in [0.1, 0.15) is 79.2 Å². The lowest BCUT2D eigenvalue weighted by molar-refractivity contribution is -0.201. The van der Waals surface area contributed by atoms with Gasteiger partial charge in [0.1, 0.15) is 5.82 Å². The molecule has 4 atom stereocenters. The van der Waals surface area contributed by atoms with Gasteiger partial charge in [0.25, 0.3) is 5.91 Å². The first-order valence-corrected chi connectivity index (χ1v) is 18.3. The van der Waals surface area contributed by atoms with Crippen molar-refractivity contribution in [1.82, 2.24) is 15.3 Å². The number of nitrogens with zero attached hydrogens (tertiary/aromatic N) is 2. The third kappa shape index (κ3) is 8.49. The second-order valence-electron chi connectivity index (χ2n) is 13.8. The van der Waals surface area contributed by atoms with Crippen LogP contribution in [0, 0.1) is 41.3 Å². The smallest absolute Gasteiger partial charge is 0.264 e. The lowest BCUT2D eigenvalue weighted by atomic mass is 10.0. The third-order valence-electron chi connectivity index (χ3n) is 8.29. The number of aryl methyl sites for hydroxylation is 1. The number of hydrogen-bond acceptors (Lipinski definition) is 7. The molecule has 2 aliphatic rings. The Hall–Kier alpha value is -2.74. The summed E-state index contributed by atoms with van der Waals surface area (Å²) in [5, 5.41) is 4.86. The zero-order valence-corrected chi connectivity index (χ0v) is 29.0. The molecule has 1 unspecified atom stereocenters. The third-order valence-corrected chi connectivity index (χ3v) is 12.1. The molecule has 1 aromatic carbocycles. The number of benzene rings is 1. The number of amides is 1. The highest BCUT2D eigenvalue weighted by Gasteiger charge is 2.48. The standard InChI is InChI=1S/C32H44FN3O6SSi/c1-30(2,3)44-42-31(4,5)25-20-23(25)13-9-8-12-22-15-16-26-24(28(22)33)21-36(34-26)18-17-32(6,43(7,38)39)29(37)35-41-27-14-10-11-19-40-27/h15-16,21,23,25,27H,10-11,14,17-20,44H2,1-7H3,(H,35,37)/t23-,25-,27?,32+/m0/s1. The van der Waals surface area contributed by atoms with Gasteiger partial charge in [0, 0.05) is 43.9 Å². The number of carbonyl (C=O) groups excluding carboxylic acids is 1. The van der Waals surface area contributed by atoms with E-state index < -0.39 is 42.4 Å². The van der Waals surface area contributed by atoms with E-state index in [0.717, 1.165) is 25.5 Å². The summed E-state index contributed by atoms with van der Waals surface area (Å²) in [6.45, 7) is 12.8. The molecule has 2 aromatic rings. The predicted octanol–water partition coefficient (Wildman–Crippen LogP) is 4.03. The van der Waals surface area contributed by atoms with Crippen molar-refractivity contribution in [2.45, 2.75) is 102 Å². The van der Waals surface area contributed by atoms with Crippen LogP contribution in [-0.2, 0) is 35.2 Å². The zero-order valence-electron chi connectivity index (χ0n) is 26.8. The topological polar surface area (TPSA) is 109 Å². The number of sulfone groups is 1. The van der Waals surface area contributed by atoms with Gasteiger partial charge in [-0.25, -0.2) is 23.1 Å². The molecule has 240 valence electrons. The van der Waals surface area contributed by atoms with Gasteiger partial charge in [-0.3, -0.25) is 9.48 Å². The van der Waals surface area contributed by atoms with Crippen molar-refractivity contribution in [3.8, 4) is 23.7 Å². The summed E-state index contributed by atoms with van der Waals surface area (Å²) in [4.78, 5) is 18.3. The van der Waals surface area contributed by atoms with Gasteiger partial charge in [-0.05, 0) is 81.4 Å². The Balaban J connectivity index is 1.39. The van der Waals surface area contributed by atoms with E-state index in [2.05, 4.69) is 68.9 Å². The molecule has 2 fully saturated rings. The van der Waals surface area contributed by atoms with Crippen LogP contribution in [-0.4, -0.2) is 63.4 Å². The Morgan fingerprint density at radius 3 is 2.61 bits per heavy atom. The molecule has 1 saturated carbocycles. The maximum Gasteiger partial charge on any atom is 0.264 e. The molecule has 4 rings (SSSR count). The number of nitrogens with one attached hydrogen (secondary N) is 1. The Morgan fingerprint density at radius 1 is 1.20 bits per heavy atom.